The predicted octanol–water partition coefficient (Wildman–Crippen LogP) is 3.12. The van der Waals surface area contributed by atoms with Gasteiger partial charge in [0.2, 0.25) is 5.91 Å². The summed E-state index contributed by atoms with van der Waals surface area (Å²) in [6, 6.07) is 17.7. The lowest BCUT2D eigenvalue weighted by atomic mass is 10.1. The van der Waals surface area contributed by atoms with Crippen LogP contribution in [0, 0.1) is 0 Å². The van der Waals surface area contributed by atoms with E-state index in [1.54, 1.807) is 22.3 Å². The molecule has 4 rings (SSSR count). The monoisotopic (exact) mass is 420 g/mol. The second kappa shape index (κ2) is 9.19. The van der Waals surface area contributed by atoms with Crippen molar-refractivity contribution >= 4 is 39.4 Å². The van der Waals surface area contributed by atoms with Crippen molar-refractivity contribution in [2.45, 2.75) is 13.5 Å². The van der Waals surface area contributed by atoms with Crippen LogP contribution in [0.15, 0.2) is 60.3 Å². The highest BCUT2D eigenvalue weighted by Gasteiger charge is 2.24. The van der Waals surface area contributed by atoms with E-state index < -0.39 is 0 Å². The van der Waals surface area contributed by atoms with Crippen LogP contribution in [-0.4, -0.2) is 52.8 Å². The molecule has 1 saturated heterocycles. The first-order chi connectivity index (χ1) is 14.6. The number of carbonyl (C=O) groups is 2. The fraction of sp³-hybridized carbons (Fsp3) is 0.261. The molecule has 0 spiro atoms. The van der Waals surface area contributed by atoms with Crippen LogP contribution in [0.5, 0.6) is 0 Å². The number of nitrogens with zero attached hydrogens (tertiary/aromatic N) is 3. The fourth-order valence-electron chi connectivity index (χ4n) is 3.52. The fourth-order valence-corrected chi connectivity index (χ4v) is 4.52. The Morgan fingerprint density at radius 2 is 1.73 bits per heavy atom. The normalized spacial score (nSPS) is 15.4. The van der Waals surface area contributed by atoms with Gasteiger partial charge in [-0.25, -0.2) is 4.98 Å². The second-order valence-electron chi connectivity index (χ2n) is 7.29. The van der Waals surface area contributed by atoms with Crippen molar-refractivity contribution in [2.24, 2.45) is 0 Å². The standard InChI is InChI=1S/C23H24N4O2S/c1-17(28)24-20(15-18-7-3-2-4-8-18)23(29)27-13-11-26(12-14-27)16-22-25-19-9-5-6-10-21(19)30-22/h2-10,15H,11-14,16H2,1H3,(H,24,28)/b20-15-. The Morgan fingerprint density at radius 1 is 1.03 bits per heavy atom. The van der Waals surface area contributed by atoms with E-state index in [0.29, 0.717) is 18.8 Å². The number of rotatable bonds is 5. The topological polar surface area (TPSA) is 65.5 Å². The number of benzene rings is 2. The van der Waals surface area contributed by atoms with Gasteiger partial charge in [-0.15, -0.1) is 11.3 Å². The molecule has 3 aromatic rings. The highest BCUT2D eigenvalue weighted by Crippen LogP contribution is 2.23. The van der Waals surface area contributed by atoms with Gasteiger partial charge in [0, 0.05) is 33.1 Å². The summed E-state index contributed by atoms with van der Waals surface area (Å²) in [6.07, 6.45) is 1.73. The molecule has 0 aliphatic carbocycles. The highest BCUT2D eigenvalue weighted by molar-refractivity contribution is 7.18. The number of carbonyl (C=O) groups excluding carboxylic acids is 2. The summed E-state index contributed by atoms with van der Waals surface area (Å²) in [6.45, 7) is 5.01. The molecule has 1 N–H and O–H groups in total. The Labute approximate surface area is 179 Å². The molecule has 2 heterocycles. The minimum Gasteiger partial charge on any atom is -0.335 e. The molecular formula is C23H24N4O2S. The third-order valence-corrected chi connectivity index (χ3v) is 6.03. The molecule has 0 unspecified atom stereocenters. The van der Waals surface area contributed by atoms with E-state index in [0.717, 1.165) is 35.7 Å². The molecule has 0 bridgehead atoms. The van der Waals surface area contributed by atoms with E-state index in [1.165, 1.54) is 11.6 Å². The maximum atomic E-state index is 13.0. The molecule has 2 amide bonds. The van der Waals surface area contributed by atoms with E-state index in [-0.39, 0.29) is 11.8 Å². The number of fused-ring (bicyclic) bond motifs is 1. The van der Waals surface area contributed by atoms with Crippen LogP contribution in [0.2, 0.25) is 0 Å². The Bertz CT molecular complexity index is 1040. The number of thiazole rings is 1. The van der Waals surface area contributed by atoms with Crippen molar-refractivity contribution in [2.75, 3.05) is 26.2 Å². The van der Waals surface area contributed by atoms with E-state index >= 15 is 0 Å². The number of aromatic nitrogens is 1. The quantitative estimate of drug-likeness (QED) is 0.644. The lowest BCUT2D eigenvalue weighted by Crippen LogP contribution is -2.50. The molecule has 0 radical (unpaired) electrons. The number of amides is 2. The van der Waals surface area contributed by atoms with Gasteiger partial charge in [-0.05, 0) is 23.8 Å². The summed E-state index contributed by atoms with van der Waals surface area (Å²) in [5.74, 6) is -0.395. The van der Waals surface area contributed by atoms with Crippen LogP contribution >= 0.6 is 11.3 Å². The van der Waals surface area contributed by atoms with E-state index in [9.17, 15) is 9.59 Å². The molecule has 2 aromatic carbocycles. The SMILES string of the molecule is CC(=O)N/C(=C\c1ccccc1)C(=O)N1CCN(Cc2nc3ccccc3s2)CC1. The smallest absolute Gasteiger partial charge is 0.270 e. The first-order valence-corrected chi connectivity index (χ1v) is 10.8. The van der Waals surface area contributed by atoms with Crippen molar-refractivity contribution in [3.8, 4) is 0 Å². The van der Waals surface area contributed by atoms with Crippen LogP contribution in [-0.2, 0) is 16.1 Å². The molecule has 1 aliphatic rings. The van der Waals surface area contributed by atoms with Gasteiger partial charge in [0.25, 0.3) is 5.91 Å². The number of hydrogen-bond donors (Lipinski definition) is 1. The van der Waals surface area contributed by atoms with E-state index in [4.69, 9.17) is 4.98 Å². The van der Waals surface area contributed by atoms with Crippen molar-refractivity contribution in [1.29, 1.82) is 0 Å². The van der Waals surface area contributed by atoms with E-state index in [2.05, 4.69) is 16.3 Å². The number of para-hydroxylation sites is 1. The van der Waals surface area contributed by atoms with Crippen LogP contribution in [0.25, 0.3) is 16.3 Å². The van der Waals surface area contributed by atoms with Gasteiger partial charge in [-0.2, -0.15) is 0 Å². The van der Waals surface area contributed by atoms with Crippen molar-refractivity contribution < 1.29 is 9.59 Å². The zero-order valence-electron chi connectivity index (χ0n) is 16.9. The van der Waals surface area contributed by atoms with Crippen LogP contribution in [0.4, 0.5) is 0 Å². The molecule has 154 valence electrons. The maximum absolute atomic E-state index is 13.0. The summed E-state index contributed by atoms with van der Waals surface area (Å²) in [4.78, 5) is 33.5. The van der Waals surface area contributed by atoms with Crippen LogP contribution < -0.4 is 5.32 Å². The van der Waals surface area contributed by atoms with Crippen molar-refractivity contribution in [1.82, 2.24) is 20.1 Å². The third-order valence-electron chi connectivity index (χ3n) is 5.01. The summed E-state index contributed by atoms with van der Waals surface area (Å²) in [5.41, 5.74) is 2.23. The van der Waals surface area contributed by atoms with Gasteiger partial charge >= 0.3 is 0 Å². The van der Waals surface area contributed by atoms with Gasteiger partial charge in [0.1, 0.15) is 10.7 Å². The average molecular weight is 421 g/mol. The zero-order valence-corrected chi connectivity index (χ0v) is 17.7. The summed E-state index contributed by atoms with van der Waals surface area (Å²) < 4.78 is 1.20. The minimum absolute atomic E-state index is 0.145. The molecule has 1 fully saturated rings. The van der Waals surface area contributed by atoms with Crippen molar-refractivity contribution in [3.63, 3.8) is 0 Å². The zero-order chi connectivity index (χ0) is 20.9. The maximum Gasteiger partial charge on any atom is 0.270 e. The predicted molar refractivity (Wildman–Crippen MR) is 120 cm³/mol. The molecule has 0 atom stereocenters. The molecule has 1 aromatic heterocycles. The number of hydrogen-bond acceptors (Lipinski definition) is 5. The molecule has 0 saturated carbocycles. The highest BCUT2D eigenvalue weighted by atomic mass is 32.1. The Balaban J connectivity index is 1.39. The Morgan fingerprint density at radius 3 is 2.43 bits per heavy atom. The Kier molecular flexibility index (Phi) is 6.21. The summed E-state index contributed by atoms with van der Waals surface area (Å²) in [5, 5.41) is 3.80. The Hall–Kier alpha value is -3.03. The lowest BCUT2D eigenvalue weighted by molar-refractivity contribution is -0.130. The van der Waals surface area contributed by atoms with E-state index in [1.807, 2.05) is 48.5 Å². The second-order valence-corrected chi connectivity index (χ2v) is 8.41. The largest absolute Gasteiger partial charge is 0.335 e. The van der Waals surface area contributed by atoms with Gasteiger partial charge in [-0.3, -0.25) is 14.5 Å². The first kappa shape index (κ1) is 20.3. The lowest BCUT2D eigenvalue weighted by Gasteiger charge is -2.34. The molecule has 7 heteroatoms. The first-order valence-electron chi connectivity index (χ1n) is 9.99. The number of nitrogens with one attached hydrogen (secondary N) is 1. The number of piperazine rings is 1. The van der Waals surface area contributed by atoms with Crippen LogP contribution in [0.3, 0.4) is 0 Å². The molecule has 30 heavy (non-hydrogen) atoms. The summed E-state index contributed by atoms with van der Waals surface area (Å²) in [7, 11) is 0. The van der Waals surface area contributed by atoms with Gasteiger partial charge in [0.05, 0.1) is 16.8 Å². The molecule has 1 aliphatic heterocycles. The minimum atomic E-state index is -0.250. The van der Waals surface area contributed by atoms with Gasteiger partial charge in [0.15, 0.2) is 0 Å². The molecule has 6 nitrogen and oxygen atoms in total. The molecular weight excluding hydrogens is 396 g/mol. The third kappa shape index (κ3) is 4.93. The van der Waals surface area contributed by atoms with Crippen LogP contribution in [0.1, 0.15) is 17.5 Å². The summed E-state index contributed by atoms with van der Waals surface area (Å²) >= 11 is 1.72. The van der Waals surface area contributed by atoms with Gasteiger partial charge < -0.3 is 10.2 Å². The average Bonchev–Trinajstić information content (AvgIpc) is 3.16. The van der Waals surface area contributed by atoms with Gasteiger partial charge in [-0.1, -0.05) is 42.5 Å². The van der Waals surface area contributed by atoms with Crippen molar-refractivity contribution in [3.05, 3.63) is 70.9 Å².